The first-order chi connectivity index (χ1) is 14.8. The molecule has 0 saturated carbocycles. The summed E-state index contributed by atoms with van der Waals surface area (Å²) >= 11 is 0. The largest absolute Gasteiger partial charge is 0.479 e. The van der Waals surface area contributed by atoms with Crippen LogP contribution in [0.15, 0.2) is 51.7 Å². The van der Waals surface area contributed by atoms with E-state index < -0.39 is 18.0 Å². The molecule has 0 saturated heterocycles. The maximum absolute atomic E-state index is 12.9. The number of carbonyl (C=O) groups is 2. The average Bonchev–Trinajstić information content (AvgIpc) is 2.76. The van der Waals surface area contributed by atoms with Gasteiger partial charge in [-0.05, 0) is 57.2 Å². The van der Waals surface area contributed by atoms with E-state index in [2.05, 4.69) is 4.74 Å². The molecular weight excluding hydrogens is 404 g/mol. The maximum Gasteiger partial charge on any atom is 0.347 e. The lowest BCUT2D eigenvalue weighted by molar-refractivity contribution is -0.150. The van der Waals surface area contributed by atoms with Gasteiger partial charge in [-0.2, -0.15) is 0 Å². The van der Waals surface area contributed by atoms with Gasteiger partial charge in [-0.1, -0.05) is 0 Å². The molecule has 0 unspecified atom stereocenters. The predicted octanol–water partition coefficient (Wildman–Crippen LogP) is 4.01. The van der Waals surface area contributed by atoms with Gasteiger partial charge in [0.15, 0.2) is 6.10 Å². The van der Waals surface area contributed by atoms with Crippen molar-refractivity contribution in [2.24, 2.45) is 0 Å². The van der Waals surface area contributed by atoms with Gasteiger partial charge in [-0.3, -0.25) is 4.79 Å². The van der Waals surface area contributed by atoms with Crippen LogP contribution in [0.3, 0.4) is 0 Å². The predicted molar refractivity (Wildman–Crippen MR) is 112 cm³/mol. The second kappa shape index (κ2) is 9.34. The van der Waals surface area contributed by atoms with E-state index in [0.717, 1.165) is 0 Å². The SMILES string of the molecule is CCOC(=O)[C@H](C)Oc1ccc2c(=O)c(Oc3ccc(C(=O)OC)cc3)c(C)oc2c1. The number of carbonyl (C=O) groups excluding carboxylic acids is 2. The molecule has 1 heterocycles. The molecule has 0 spiro atoms. The number of rotatable bonds is 7. The van der Waals surface area contributed by atoms with Crippen molar-refractivity contribution >= 4 is 22.9 Å². The Morgan fingerprint density at radius 1 is 1.06 bits per heavy atom. The topological polar surface area (TPSA) is 101 Å². The van der Waals surface area contributed by atoms with Crippen molar-refractivity contribution < 1.29 is 33.0 Å². The molecule has 0 aliphatic carbocycles. The molecule has 2 aromatic carbocycles. The van der Waals surface area contributed by atoms with Crippen LogP contribution in [0.25, 0.3) is 11.0 Å². The zero-order valence-electron chi connectivity index (χ0n) is 17.6. The van der Waals surface area contributed by atoms with Crippen molar-refractivity contribution in [3.8, 4) is 17.2 Å². The molecule has 8 heteroatoms. The van der Waals surface area contributed by atoms with Crippen LogP contribution in [0, 0.1) is 6.92 Å². The first-order valence-corrected chi connectivity index (χ1v) is 9.61. The van der Waals surface area contributed by atoms with E-state index >= 15 is 0 Å². The van der Waals surface area contributed by atoms with Gasteiger partial charge in [0.25, 0.3) is 0 Å². The standard InChI is InChI=1S/C23H22O8/c1-5-28-22(25)14(3)29-17-10-11-18-19(12-17)30-13(2)21(20(18)24)31-16-8-6-15(7-9-16)23(26)27-4/h6-12,14H,5H2,1-4H3/t14-/m0/s1. The lowest BCUT2D eigenvalue weighted by Gasteiger charge is -2.14. The molecule has 0 aliphatic heterocycles. The summed E-state index contributed by atoms with van der Waals surface area (Å²) in [5.41, 5.74) is 0.298. The summed E-state index contributed by atoms with van der Waals surface area (Å²) in [6.45, 7) is 5.15. The Kier molecular flexibility index (Phi) is 6.59. The van der Waals surface area contributed by atoms with Crippen molar-refractivity contribution in [1.82, 2.24) is 0 Å². The summed E-state index contributed by atoms with van der Waals surface area (Å²) in [5, 5.41) is 0.294. The van der Waals surface area contributed by atoms with E-state index in [1.807, 2.05) is 0 Å². The Morgan fingerprint density at radius 2 is 1.74 bits per heavy atom. The smallest absolute Gasteiger partial charge is 0.347 e. The number of hydrogen-bond acceptors (Lipinski definition) is 8. The van der Waals surface area contributed by atoms with Gasteiger partial charge in [0.2, 0.25) is 11.2 Å². The summed E-state index contributed by atoms with van der Waals surface area (Å²) in [5.74, 6) is 0.0794. The lowest BCUT2D eigenvalue weighted by Crippen LogP contribution is -2.26. The fourth-order valence-corrected chi connectivity index (χ4v) is 2.87. The van der Waals surface area contributed by atoms with Gasteiger partial charge in [0, 0.05) is 6.07 Å². The number of hydrogen-bond donors (Lipinski definition) is 0. The minimum absolute atomic E-state index is 0.0341. The molecule has 0 bridgehead atoms. The first-order valence-electron chi connectivity index (χ1n) is 9.61. The minimum Gasteiger partial charge on any atom is -0.479 e. The lowest BCUT2D eigenvalue weighted by atomic mass is 10.2. The van der Waals surface area contributed by atoms with E-state index in [1.165, 1.54) is 25.3 Å². The highest BCUT2D eigenvalue weighted by Crippen LogP contribution is 2.28. The van der Waals surface area contributed by atoms with Crippen LogP contribution in [-0.4, -0.2) is 31.8 Å². The number of esters is 2. The van der Waals surface area contributed by atoms with Gasteiger partial charge in [0.05, 0.1) is 24.7 Å². The van der Waals surface area contributed by atoms with Gasteiger partial charge in [0.1, 0.15) is 22.8 Å². The van der Waals surface area contributed by atoms with E-state index in [4.69, 9.17) is 18.6 Å². The van der Waals surface area contributed by atoms with Gasteiger partial charge in [-0.15, -0.1) is 0 Å². The molecular formula is C23H22O8. The third-order valence-corrected chi connectivity index (χ3v) is 4.41. The summed E-state index contributed by atoms with van der Waals surface area (Å²) in [6.07, 6.45) is -0.805. The monoisotopic (exact) mass is 426 g/mol. The molecule has 162 valence electrons. The molecule has 1 aromatic heterocycles. The maximum atomic E-state index is 12.9. The highest BCUT2D eigenvalue weighted by molar-refractivity contribution is 5.89. The molecule has 0 aliphatic rings. The second-order valence-corrected chi connectivity index (χ2v) is 6.60. The third-order valence-electron chi connectivity index (χ3n) is 4.41. The van der Waals surface area contributed by atoms with Crippen LogP contribution < -0.4 is 14.9 Å². The molecule has 0 radical (unpaired) electrons. The number of fused-ring (bicyclic) bond motifs is 1. The van der Waals surface area contributed by atoms with Crippen molar-refractivity contribution in [1.29, 1.82) is 0 Å². The van der Waals surface area contributed by atoms with Gasteiger partial charge < -0.3 is 23.4 Å². The molecule has 31 heavy (non-hydrogen) atoms. The molecule has 1 atom stereocenters. The summed E-state index contributed by atoms with van der Waals surface area (Å²) < 4.78 is 26.6. The number of aryl methyl sites for hydroxylation is 1. The normalized spacial score (nSPS) is 11.6. The Morgan fingerprint density at radius 3 is 2.39 bits per heavy atom. The van der Waals surface area contributed by atoms with E-state index in [9.17, 15) is 14.4 Å². The second-order valence-electron chi connectivity index (χ2n) is 6.60. The van der Waals surface area contributed by atoms with Crippen LogP contribution in [0.2, 0.25) is 0 Å². The highest BCUT2D eigenvalue weighted by Gasteiger charge is 2.18. The molecule has 0 amide bonds. The minimum atomic E-state index is -0.805. The highest BCUT2D eigenvalue weighted by atomic mass is 16.6. The van der Waals surface area contributed by atoms with E-state index in [1.54, 1.807) is 45.0 Å². The van der Waals surface area contributed by atoms with Crippen LogP contribution in [0.1, 0.15) is 30.0 Å². The van der Waals surface area contributed by atoms with Crippen LogP contribution >= 0.6 is 0 Å². The zero-order chi connectivity index (χ0) is 22.5. The molecule has 3 aromatic rings. The number of benzene rings is 2. The molecule has 0 fully saturated rings. The summed E-state index contributed by atoms with van der Waals surface area (Å²) in [6, 6.07) is 10.8. The zero-order valence-corrected chi connectivity index (χ0v) is 17.6. The fraction of sp³-hybridized carbons (Fsp3) is 0.261. The van der Waals surface area contributed by atoms with Crippen molar-refractivity contribution in [3.63, 3.8) is 0 Å². The average molecular weight is 426 g/mol. The summed E-state index contributed by atoms with van der Waals surface area (Å²) in [4.78, 5) is 36.2. The summed E-state index contributed by atoms with van der Waals surface area (Å²) in [7, 11) is 1.30. The van der Waals surface area contributed by atoms with Crippen LogP contribution in [0.5, 0.6) is 17.2 Å². The molecule has 3 rings (SSSR count). The number of methoxy groups -OCH3 is 1. The fourth-order valence-electron chi connectivity index (χ4n) is 2.87. The van der Waals surface area contributed by atoms with Gasteiger partial charge >= 0.3 is 11.9 Å². The first kappa shape index (κ1) is 21.9. The van der Waals surface area contributed by atoms with E-state index in [-0.39, 0.29) is 23.5 Å². The number of ether oxygens (including phenoxy) is 4. The van der Waals surface area contributed by atoms with Crippen LogP contribution in [0.4, 0.5) is 0 Å². The Bertz CT molecular complexity index is 1160. The van der Waals surface area contributed by atoms with Crippen LogP contribution in [-0.2, 0) is 14.3 Å². The molecule has 8 nitrogen and oxygen atoms in total. The quantitative estimate of drug-likeness (QED) is 0.522. The van der Waals surface area contributed by atoms with Crippen molar-refractivity contribution in [3.05, 3.63) is 64.0 Å². The van der Waals surface area contributed by atoms with Crippen molar-refractivity contribution in [2.45, 2.75) is 26.9 Å². The Hall–Kier alpha value is -3.81. The van der Waals surface area contributed by atoms with E-state index in [0.29, 0.717) is 28.0 Å². The van der Waals surface area contributed by atoms with Gasteiger partial charge in [-0.25, -0.2) is 9.59 Å². The third kappa shape index (κ3) is 4.85. The molecule has 0 N–H and O–H groups in total. The van der Waals surface area contributed by atoms with Crippen molar-refractivity contribution in [2.75, 3.05) is 13.7 Å². The Balaban J connectivity index is 1.87. The Labute approximate surface area is 178 Å².